The van der Waals surface area contributed by atoms with Crippen LogP contribution in [-0.4, -0.2) is 20.8 Å². The molecule has 72 valence electrons. The first-order chi connectivity index (χ1) is 5.45. The van der Waals surface area contributed by atoms with E-state index in [1.165, 1.54) is 0 Å². The van der Waals surface area contributed by atoms with Crippen LogP contribution in [0.4, 0.5) is 0 Å². The van der Waals surface area contributed by atoms with Crippen LogP contribution in [0.25, 0.3) is 0 Å². The largest absolute Gasteiger partial charge is 0.267 e. The molecule has 0 aliphatic heterocycles. The molecule has 0 aliphatic rings. The third-order valence-electron chi connectivity index (χ3n) is 1.36. The van der Waals surface area contributed by atoms with Crippen LogP contribution >= 0.6 is 0 Å². The molecule has 0 rings (SSSR count). The Kier molecular flexibility index (Phi) is 5.17. The lowest BCUT2D eigenvalue weighted by Gasteiger charge is -2.09. The van der Waals surface area contributed by atoms with E-state index in [0.717, 1.165) is 25.5 Å². The van der Waals surface area contributed by atoms with Gasteiger partial charge in [0.05, 0.1) is 12.4 Å². The first-order valence-corrected chi connectivity index (χ1v) is 5.76. The lowest BCUT2D eigenvalue weighted by Crippen LogP contribution is -2.13. The van der Waals surface area contributed by atoms with Crippen molar-refractivity contribution in [1.29, 1.82) is 0 Å². The summed E-state index contributed by atoms with van der Waals surface area (Å²) in [5.41, 5.74) is 0. The minimum atomic E-state index is -3.29. The summed E-state index contributed by atoms with van der Waals surface area (Å²) in [7, 11) is -3.29. The molecule has 0 bridgehead atoms. The van der Waals surface area contributed by atoms with Crippen LogP contribution < -0.4 is 0 Å². The van der Waals surface area contributed by atoms with Gasteiger partial charge in [-0.2, -0.15) is 8.42 Å². The van der Waals surface area contributed by atoms with E-state index in [0.29, 0.717) is 0 Å². The topological polar surface area (TPSA) is 43.4 Å². The van der Waals surface area contributed by atoms with E-state index in [-0.39, 0.29) is 6.10 Å². The zero-order valence-electron chi connectivity index (χ0n) is 7.62. The lowest BCUT2D eigenvalue weighted by atomic mass is 10.2. The van der Waals surface area contributed by atoms with Gasteiger partial charge in [0.15, 0.2) is 0 Å². The van der Waals surface area contributed by atoms with E-state index < -0.39 is 10.1 Å². The third kappa shape index (κ3) is 7.75. The maximum absolute atomic E-state index is 10.6. The van der Waals surface area contributed by atoms with Gasteiger partial charge in [-0.15, -0.1) is 6.58 Å². The molecule has 0 fully saturated rings. The summed E-state index contributed by atoms with van der Waals surface area (Å²) in [6.07, 6.45) is 5.22. The molecule has 0 amide bonds. The Bertz CT molecular complexity index is 218. The smallest absolute Gasteiger partial charge is 0.264 e. The summed E-state index contributed by atoms with van der Waals surface area (Å²) in [6.45, 7) is 5.33. The number of unbranched alkanes of at least 4 members (excludes halogenated alkanes) is 1. The van der Waals surface area contributed by atoms with E-state index >= 15 is 0 Å². The highest BCUT2D eigenvalue weighted by Gasteiger charge is 2.08. The van der Waals surface area contributed by atoms with Crippen LogP contribution in [0.2, 0.25) is 0 Å². The molecule has 0 aromatic carbocycles. The van der Waals surface area contributed by atoms with Crippen molar-refractivity contribution in [3.8, 4) is 0 Å². The lowest BCUT2D eigenvalue weighted by molar-refractivity contribution is 0.218. The third-order valence-corrected chi connectivity index (χ3v) is 2.04. The standard InChI is InChI=1S/C8H16O3S/c1-4-5-6-7-8(2)11-12(3,9)10/h4,8H,1,5-7H2,2-3H3/t8-/m1/s1. The van der Waals surface area contributed by atoms with Crippen molar-refractivity contribution < 1.29 is 12.6 Å². The summed E-state index contributed by atoms with van der Waals surface area (Å²) in [5, 5.41) is 0. The van der Waals surface area contributed by atoms with E-state index in [9.17, 15) is 8.42 Å². The van der Waals surface area contributed by atoms with E-state index in [2.05, 4.69) is 6.58 Å². The maximum Gasteiger partial charge on any atom is 0.264 e. The summed E-state index contributed by atoms with van der Waals surface area (Å²) in [6, 6.07) is 0. The van der Waals surface area contributed by atoms with E-state index in [1.54, 1.807) is 6.92 Å². The van der Waals surface area contributed by atoms with Gasteiger partial charge in [0.1, 0.15) is 0 Å². The monoisotopic (exact) mass is 192 g/mol. The average molecular weight is 192 g/mol. The van der Waals surface area contributed by atoms with Crippen molar-refractivity contribution in [2.75, 3.05) is 6.26 Å². The zero-order chi connectivity index (χ0) is 9.61. The number of rotatable bonds is 6. The van der Waals surface area contributed by atoms with Gasteiger partial charge >= 0.3 is 0 Å². The van der Waals surface area contributed by atoms with Crippen LogP contribution in [0.1, 0.15) is 26.2 Å². The van der Waals surface area contributed by atoms with Crippen molar-refractivity contribution in [2.45, 2.75) is 32.3 Å². The summed E-state index contributed by atoms with van der Waals surface area (Å²) < 4.78 is 26.0. The molecule has 0 heterocycles. The SMILES string of the molecule is C=CCCC[C@@H](C)OS(C)(=O)=O. The highest BCUT2D eigenvalue weighted by molar-refractivity contribution is 7.86. The van der Waals surface area contributed by atoms with Gasteiger partial charge in [-0.1, -0.05) is 6.08 Å². The second kappa shape index (κ2) is 5.32. The zero-order valence-corrected chi connectivity index (χ0v) is 8.43. The minimum Gasteiger partial charge on any atom is -0.267 e. The molecule has 1 atom stereocenters. The summed E-state index contributed by atoms with van der Waals surface area (Å²) >= 11 is 0. The Morgan fingerprint density at radius 2 is 2.17 bits per heavy atom. The predicted octanol–water partition coefficient (Wildman–Crippen LogP) is 1.71. The van der Waals surface area contributed by atoms with Gasteiger partial charge in [0.2, 0.25) is 0 Å². The van der Waals surface area contributed by atoms with Crippen molar-refractivity contribution in [3.05, 3.63) is 12.7 Å². The molecule has 0 spiro atoms. The van der Waals surface area contributed by atoms with Crippen molar-refractivity contribution in [3.63, 3.8) is 0 Å². The van der Waals surface area contributed by atoms with Crippen LogP contribution in [-0.2, 0) is 14.3 Å². The summed E-state index contributed by atoms with van der Waals surface area (Å²) in [4.78, 5) is 0. The quantitative estimate of drug-likeness (QED) is 0.365. The second-order valence-electron chi connectivity index (χ2n) is 2.83. The fourth-order valence-electron chi connectivity index (χ4n) is 0.896. The van der Waals surface area contributed by atoms with E-state index in [4.69, 9.17) is 4.18 Å². The Morgan fingerprint density at radius 1 is 1.58 bits per heavy atom. The van der Waals surface area contributed by atoms with Gasteiger partial charge < -0.3 is 0 Å². The average Bonchev–Trinajstić information content (AvgIpc) is 1.84. The maximum atomic E-state index is 10.6. The van der Waals surface area contributed by atoms with Gasteiger partial charge in [0.25, 0.3) is 10.1 Å². The van der Waals surface area contributed by atoms with Crippen LogP contribution in [0.5, 0.6) is 0 Å². The first-order valence-electron chi connectivity index (χ1n) is 3.95. The van der Waals surface area contributed by atoms with E-state index in [1.807, 2.05) is 6.08 Å². The normalized spacial score (nSPS) is 14.2. The van der Waals surface area contributed by atoms with Crippen molar-refractivity contribution in [2.24, 2.45) is 0 Å². The molecule has 0 aromatic rings. The molecule has 0 saturated heterocycles. The highest BCUT2D eigenvalue weighted by Crippen LogP contribution is 2.06. The second-order valence-corrected chi connectivity index (χ2v) is 4.43. The van der Waals surface area contributed by atoms with Crippen LogP contribution in [0, 0.1) is 0 Å². The molecular weight excluding hydrogens is 176 g/mol. The fraction of sp³-hybridized carbons (Fsp3) is 0.750. The Labute approximate surface area is 74.6 Å². The van der Waals surface area contributed by atoms with Crippen molar-refractivity contribution in [1.82, 2.24) is 0 Å². The number of hydrogen-bond acceptors (Lipinski definition) is 3. The molecule has 0 aromatic heterocycles. The Hall–Kier alpha value is -0.350. The molecule has 0 saturated carbocycles. The Morgan fingerprint density at radius 3 is 2.58 bits per heavy atom. The number of hydrogen-bond donors (Lipinski definition) is 0. The first kappa shape index (κ1) is 11.6. The molecule has 0 radical (unpaired) electrons. The van der Waals surface area contributed by atoms with Gasteiger partial charge in [-0.25, -0.2) is 0 Å². The summed E-state index contributed by atoms with van der Waals surface area (Å²) in [5.74, 6) is 0. The van der Waals surface area contributed by atoms with Gasteiger partial charge in [-0.3, -0.25) is 4.18 Å². The van der Waals surface area contributed by atoms with Gasteiger partial charge in [0, 0.05) is 0 Å². The van der Waals surface area contributed by atoms with Crippen molar-refractivity contribution >= 4 is 10.1 Å². The van der Waals surface area contributed by atoms with Crippen LogP contribution in [0.3, 0.4) is 0 Å². The number of allylic oxidation sites excluding steroid dienone is 1. The molecule has 0 aliphatic carbocycles. The van der Waals surface area contributed by atoms with Gasteiger partial charge in [-0.05, 0) is 26.2 Å². The molecule has 4 heteroatoms. The Balaban J connectivity index is 3.60. The molecule has 3 nitrogen and oxygen atoms in total. The predicted molar refractivity (Wildman–Crippen MR) is 49.4 cm³/mol. The molecule has 0 N–H and O–H groups in total. The minimum absolute atomic E-state index is 0.222. The fourth-order valence-corrected chi connectivity index (χ4v) is 1.59. The van der Waals surface area contributed by atoms with Crippen LogP contribution in [0.15, 0.2) is 12.7 Å². The molecule has 0 unspecified atom stereocenters. The highest BCUT2D eigenvalue weighted by atomic mass is 32.2. The molecular formula is C8H16O3S. The molecule has 12 heavy (non-hydrogen) atoms.